The van der Waals surface area contributed by atoms with Crippen LogP contribution in [0.15, 0.2) is 54.6 Å². The zero-order valence-corrected chi connectivity index (χ0v) is 13.0. The van der Waals surface area contributed by atoms with E-state index in [1.165, 1.54) is 16.3 Å². The number of ether oxygens (including phenoxy) is 1. The fourth-order valence-corrected chi connectivity index (χ4v) is 2.78. The number of benzene rings is 3. The van der Waals surface area contributed by atoms with Crippen LogP contribution in [0.1, 0.15) is 16.7 Å². The molecule has 0 spiro atoms. The average Bonchev–Trinajstić information content (AvgIpc) is 2.55. The molecule has 3 aromatic carbocycles. The predicted octanol–water partition coefficient (Wildman–Crippen LogP) is 4.65. The fraction of sp³-hybridized carbons (Fsp3) is 0.200. The molecule has 3 aromatic rings. The minimum atomic E-state index is 0.299. The first-order valence-corrected chi connectivity index (χ1v) is 7.51. The summed E-state index contributed by atoms with van der Waals surface area (Å²) in [6, 6.07) is 18.7. The lowest BCUT2D eigenvalue weighted by Crippen LogP contribution is -1.96. The van der Waals surface area contributed by atoms with E-state index >= 15 is 0 Å². The van der Waals surface area contributed by atoms with Crippen molar-refractivity contribution in [3.8, 4) is 11.5 Å². The first-order chi connectivity index (χ1) is 10.7. The lowest BCUT2D eigenvalue weighted by atomic mass is 9.98. The van der Waals surface area contributed by atoms with Crippen LogP contribution in [0.3, 0.4) is 0 Å². The van der Waals surface area contributed by atoms with E-state index in [9.17, 15) is 5.11 Å². The van der Waals surface area contributed by atoms with Gasteiger partial charge in [-0.05, 0) is 53.3 Å². The Morgan fingerprint density at radius 1 is 0.909 bits per heavy atom. The van der Waals surface area contributed by atoms with Gasteiger partial charge < -0.3 is 9.84 Å². The maximum atomic E-state index is 9.97. The average molecular weight is 292 g/mol. The number of methoxy groups -OCH3 is 1. The highest BCUT2D eigenvalue weighted by Gasteiger charge is 2.07. The SMILES string of the molecule is COc1cc(O)c(C)c(CCc2ccc3ccccc3c2)c1. The van der Waals surface area contributed by atoms with Gasteiger partial charge in [-0.15, -0.1) is 0 Å². The molecule has 3 rings (SSSR count). The van der Waals surface area contributed by atoms with Crippen LogP contribution in [-0.4, -0.2) is 12.2 Å². The van der Waals surface area contributed by atoms with E-state index in [1.54, 1.807) is 13.2 Å². The number of rotatable bonds is 4. The van der Waals surface area contributed by atoms with E-state index in [0.717, 1.165) is 24.0 Å². The topological polar surface area (TPSA) is 29.5 Å². The van der Waals surface area contributed by atoms with Crippen molar-refractivity contribution in [2.75, 3.05) is 7.11 Å². The Morgan fingerprint density at radius 3 is 2.45 bits per heavy atom. The van der Waals surface area contributed by atoms with E-state index in [-0.39, 0.29) is 0 Å². The summed E-state index contributed by atoms with van der Waals surface area (Å²) < 4.78 is 5.24. The molecule has 0 aliphatic rings. The van der Waals surface area contributed by atoms with Gasteiger partial charge in [-0.1, -0.05) is 42.5 Å². The maximum Gasteiger partial charge on any atom is 0.122 e. The molecule has 0 fully saturated rings. The van der Waals surface area contributed by atoms with Crippen molar-refractivity contribution in [1.82, 2.24) is 0 Å². The maximum absolute atomic E-state index is 9.97. The van der Waals surface area contributed by atoms with E-state index in [4.69, 9.17) is 4.74 Å². The highest BCUT2D eigenvalue weighted by atomic mass is 16.5. The third-order valence-electron chi connectivity index (χ3n) is 4.19. The molecule has 0 atom stereocenters. The Balaban J connectivity index is 1.83. The van der Waals surface area contributed by atoms with Gasteiger partial charge in [-0.3, -0.25) is 0 Å². The Labute approximate surface area is 131 Å². The van der Waals surface area contributed by atoms with Crippen molar-refractivity contribution in [2.45, 2.75) is 19.8 Å². The molecule has 0 saturated heterocycles. The van der Waals surface area contributed by atoms with Crippen LogP contribution in [0.5, 0.6) is 11.5 Å². The van der Waals surface area contributed by atoms with Crippen molar-refractivity contribution < 1.29 is 9.84 Å². The Bertz CT molecular complexity index is 806. The fourth-order valence-electron chi connectivity index (χ4n) is 2.78. The number of fused-ring (bicyclic) bond motifs is 1. The second-order valence-electron chi connectivity index (χ2n) is 5.61. The largest absolute Gasteiger partial charge is 0.508 e. The number of hydrogen-bond acceptors (Lipinski definition) is 2. The second-order valence-corrected chi connectivity index (χ2v) is 5.61. The Morgan fingerprint density at radius 2 is 1.68 bits per heavy atom. The number of aromatic hydroxyl groups is 1. The number of hydrogen-bond donors (Lipinski definition) is 1. The summed E-state index contributed by atoms with van der Waals surface area (Å²) in [5, 5.41) is 12.5. The van der Waals surface area contributed by atoms with E-state index < -0.39 is 0 Å². The molecule has 2 nitrogen and oxygen atoms in total. The Kier molecular flexibility index (Phi) is 4.01. The zero-order valence-electron chi connectivity index (χ0n) is 13.0. The van der Waals surface area contributed by atoms with E-state index in [2.05, 4.69) is 42.5 Å². The van der Waals surface area contributed by atoms with Crippen molar-refractivity contribution in [3.05, 3.63) is 71.3 Å². The van der Waals surface area contributed by atoms with Crippen molar-refractivity contribution >= 4 is 10.8 Å². The van der Waals surface area contributed by atoms with Crippen LogP contribution in [0, 0.1) is 6.92 Å². The van der Waals surface area contributed by atoms with Gasteiger partial charge in [0.1, 0.15) is 11.5 Å². The van der Waals surface area contributed by atoms with Crippen molar-refractivity contribution in [2.24, 2.45) is 0 Å². The summed E-state index contributed by atoms with van der Waals surface area (Å²) in [6.45, 7) is 1.95. The lowest BCUT2D eigenvalue weighted by molar-refractivity contribution is 0.406. The normalized spacial score (nSPS) is 10.8. The summed E-state index contributed by atoms with van der Waals surface area (Å²) in [6.07, 6.45) is 1.83. The molecule has 0 amide bonds. The monoisotopic (exact) mass is 292 g/mol. The van der Waals surface area contributed by atoms with Crippen molar-refractivity contribution in [1.29, 1.82) is 0 Å². The van der Waals surface area contributed by atoms with Crippen molar-refractivity contribution in [3.63, 3.8) is 0 Å². The zero-order chi connectivity index (χ0) is 15.5. The van der Waals surface area contributed by atoms with Gasteiger partial charge in [-0.2, -0.15) is 0 Å². The third kappa shape index (κ3) is 2.91. The van der Waals surface area contributed by atoms with E-state index in [0.29, 0.717) is 11.5 Å². The highest BCUT2D eigenvalue weighted by Crippen LogP contribution is 2.28. The molecular formula is C20H20O2. The van der Waals surface area contributed by atoms with Crippen LogP contribution in [0.2, 0.25) is 0 Å². The summed E-state index contributed by atoms with van der Waals surface area (Å²) in [5.74, 6) is 1.00. The Hall–Kier alpha value is -2.48. The second kappa shape index (κ2) is 6.10. The molecule has 0 unspecified atom stereocenters. The van der Waals surface area contributed by atoms with Crippen LogP contribution < -0.4 is 4.74 Å². The quantitative estimate of drug-likeness (QED) is 0.758. The molecule has 112 valence electrons. The van der Waals surface area contributed by atoms with Gasteiger partial charge in [0.15, 0.2) is 0 Å². The first-order valence-electron chi connectivity index (χ1n) is 7.51. The molecule has 22 heavy (non-hydrogen) atoms. The van der Waals surface area contributed by atoms with Gasteiger partial charge in [0.2, 0.25) is 0 Å². The summed E-state index contributed by atoms with van der Waals surface area (Å²) in [7, 11) is 1.62. The molecule has 0 heterocycles. The number of phenolic OH excluding ortho intramolecular Hbond substituents is 1. The standard InChI is InChI=1S/C20H20O2/c1-14-17(12-19(22-2)13-20(14)21)10-8-15-7-9-16-5-3-4-6-18(16)11-15/h3-7,9,11-13,21H,8,10H2,1-2H3. The molecule has 0 radical (unpaired) electrons. The predicted molar refractivity (Wildman–Crippen MR) is 90.8 cm³/mol. The van der Waals surface area contributed by atoms with Gasteiger partial charge in [0, 0.05) is 6.07 Å². The molecule has 1 N–H and O–H groups in total. The number of phenols is 1. The molecule has 0 aromatic heterocycles. The van der Waals surface area contributed by atoms with Crippen LogP contribution in [0.4, 0.5) is 0 Å². The molecule has 0 aliphatic heterocycles. The smallest absolute Gasteiger partial charge is 0.122 e. The molecule has 0 saturated carbocycles. The molecule has 0 bridgehead atoms. The summed E-state index contributed by atoms with van der Waals surface area (Å²) in [5.41, 5.74) is 3.37. The first kappa shape index (κ1) is 14.5. The summed E-state index contributed by atoms with van der Waals surface area (Å²) >= 11 is 0. The molecular weight excluding hydrogens is 272 g/mol. The summed E-state index contributed by atoms with van der Waals surface area (Å²) in [4.78, 5) is 0. The molecule has 2 heteroatoms. The van der Waals surface area contributed by atoms with Gasteiger partial charge in [0.05, 0.1) is 7.11 Å². The van der Waals surface area contributed by atoms with Crippen LogP contribution in [0.25, 0.3) is 10.8 Å². The lowest BCUT2D eigenvalue weighted by Gasteiger charge is -2.11. The minimum absolute atomic E-state index is 0.299. The number of aryl methyl sites for hydroxylation is 2. The van der Waals surface area contributed by atoms with Crippen LogP contribution >= 0.6 is 0 Å². The highest BCUT2D eigenvalue weighted by molar-refractivity contribution is 5.83. The van der Waals surface area contributed by atoms with Gasteiger partial charge >= 0.3 is 0 Å². The third-order valence-corrected chi connectivity index (χ3v) is 4.19. The van der Waals surface area contributed by atoms with Crippen LogP contribution in [-0.2, 0) is 12.8 Å². The van der Waals surface area contributed by atoms with Gasteiger partial charge in [-0.25, -0.2) is 0 Å². The minimum Gasteiger partial charge on any atom is -0.508 e. The van der Waals surface area contributed by atoms with E-state index in [1.807, 2.05) is 13.0 Å². The van der Waals surface area contributed by atoms with Gasteiger partial charge in [0.25, 0.3) is 0 Å². The molecule has 0 aliphatic carbocycles.